The van der Waals surface area contributed by atoms with Crippen LogP contribution in [-0.4, -0.2) is 4.98 Å². The molecule has 1 aromatic carbocycles. The van der Waals surface area contributed by atoms with Crippen LogP contribution in [0.3, 0.4) is 0 Å². The van der Waals surface area contributed by atoms with Gasteiger partial charge in [0.05, 0.1) is 10.2 Å². The Morgan fingerprint density at radius 2 is 2.33 bits per heavy atom. The molecule has 2 rings (SSSR count). The summed E-state index contributed by atoms with van der Waals surface area (Å²) in [6.45, 7) is 0. The SMILES string of the molecule is N#Cc1nc2cc(F)ccc2s1. The van der Waals surface area contributed by atoms with E-state index in [2.05, 4.69) is 4.98 Å². The average molecular weight is 178 g/mol. The predicted molar refractivity (Wildman–Crippen MR) is 44.3 cm³/mol. The molecule has 2 aromatic rings. The van der Waals surface area contributed by atoms with Gasteiger partial charge in [0.15, 0.2) is 5.01 Å². The average Bonchev–Trinajstić information content (AvgIpc) is 2.46. The lowest BCUT2D eigenvalue weighted by atomic mass is 10.3. The number of thiazole rings is 1. The monoisotopic (exact) mass is 178 g/mol. The predicted octanol–water partition coefficient (Wildman–Crippen LogP) is 2.31. The highest BCUT2D eigenvalue weighted by molar-refractivity contribution is 7.19. The first-order valence-corrected chi connectivity index (χ1v) is 4.07. The van der Waals surface area contributed by atoms with Gasteiger partial charge in [-0.05, 0) is 12.1 Å². The highest BCUT2D eigenvalue weighted by atomic mass is 32.1. The largest absolute Gasteiger partial charge is 0.226 e. The minimum atomic E-state index is -0.322. The quantitative estimate of drug-likeness (QED) is 0.620. The maximum Gasteiger partial charge on any atom is 0.195 e. The summed E-state index contributed by atoms with van der Waals surface area (Å²) in [5.74, 6) is -0.322. The number of hydrogen-bond acceptors (Lipinski definition) is 3. The van der Waals surface area contributed by atoms with Crippen LogP contribution in [0.4, 0.5) is 4.39 Å². The zero-order valence-electron chi connectivity index (χ0n) is 5.91. The topological polar surface area (TPSA) is 36.7 Å². The van der Waals surface area contributed by atoms with E-state index in [1.54, 1.807) is 6.07 Å². The number of hydrogen-bond donors (Lipinski definition) is 0. The molecule has 0 unspecified atom stereocenters. The Balaban J connectivity index is 2.77. The second kappa shape index (κ2) is 2.54. The van der Waals surface area contributed by atoms with Crippen LogP contribution in [-0.2, 0) is 0 Å². The second-order valence-corrected chi connectivity index (χ2v) is 3.27. The molecule has 0 amide bonds. The number of fused-ring (bicyclic) bond motifs is 1. The van der Waals surface area contributed by atoms with E-state index in [0.717, 1.165) is 4.70 Å². The fourth-order valence-corrected chi connectivity index (χ4v) is 1.69. The number of nitriles is 1. The summed E-state index contributed by atoms with van der Waals surface area (Å²) < 4.78 is 13.5. The number of halogens is 1. The van der Waals surface area contributed by atoms with Crippen molar-refractivity contribution >= 4 is 21.6 Å². The van der Waals surface area contributed by atoms with E-state index in [1.165, 1.54) is 23.5 Å². The van der Waals surface area contributed by atoms with E-state index in [1.807, 2.05) is 6.07 Å². The first-order valence-electron chi connectivity index (χ1n) is 3.26. The molecule has 2 nitrogen and oxygen atoms in total. The number of nitrogens with zero attached hydrogens (tertiary/aromatic N) is 2. The molecule has 0 atom stereocenters. The molecule has 0 radical (unpaired) electrons. The molecule has 0 aliphatic heterocycles. The first-order chi connectivity index (χ1) is 5.79. The molecule has 0 aliphatic rings. The van der Waals surface area contributed by atoms with Gasteiger partial charge in [0.25, 0.3) is 0 Å². The third-order valence-electron chi connectivity index (χ3n) is 1.45. The zero-order valence-corrected chi connectivity index (χ0v) is 6.73. The lowest BCUT2D eigenvalue weighted by Crippen LogP contribution is -1.72. The van der Waals surface area contributed by atoms with E-state index < -0.39 is 0 Å². The normalized spacial score (nSPS) is 10.0. The van der Waals surface area contributed by atoms with E-state index >= 15 is 0 Å². The Kier molecular flexibility index (Phi) is 1.52. The van der Waals surface area contributed by atoms with Crippen molar-refractivity contribution < 1.29 is 4.39 Å². The Morgan fingerprint density at radius 1 is 1.50 bits per heavy atom. The van der Waals surface area contributed by atoms with Crippen molar-refractivity contribution in [2.24, 2.45) is 0 Å². The van der Waals surface area contributed by atoms with Crippen LogP contribution in [0, 0.1) is 17.1 Å². The van der Waals surface area contributed by atoms with E-state index in [4.69, 9.17) is 5.26 Å². The molecule has 0 saturated carbocycles. The Bertz CT molecular complexity index is 469. The van der Waals surface area contributed by atoms with E-state index in [9.17, 15) is 4.39 Å². The van der Waals surface area contributed by atoms with Crippen LogP contribution in [0.15, 0.2) is 18.2 Å². The third kappa shape index (κ3) is 1.04. The second-order valence-electron chi connectivity index (χ2n) is 2.24. The van der Waals surface area contributed by atoms with Gasteiger partial charge in [0.2, 0.25) is 0 Å². The van der Waals surface area contributed by atoms with Crippen molar-refractivity contribution in [2.45, 2.75) is 0 Å². The van der Waals surface area contributed by atoms with Gasteiger partial charge >= 0.3 is 0 Å². The Labute approximate surface area is 71.9 Å². The summed E-state index contributed by atoms with van der Waals surface area (Å²) in [7, 11) is 0. The van der Waals surface area contributed by atoms with Gasteiger partial charge in [-0.3, -0.25) is 0 Å². The minimum absolute atomic E-state index is 0.322. The summed E-state index contributed by atoms with van der Waals surface area (Å²) in [5.41, 5.74) is 0.552. The van der Waals surface area contributed by atoms with E-state index in [0.29, 0.717) is 10.5 Å². The van der Waals surface area contributed by atoms with Gasteiger partial charge < -0.3 is 0 Å². The third-order valence-corrected chi connectivity index (χ3v) is 2.39. The van der Waals surface area contributed by atoms with Crippen LogP contribution >= 0.6 is 11.3 Å². The van der Waals surface area contributed by atoms with Gasteiger partial charge in [-0.15, -0.1) is 11.3 Å². The van der Waals surface area contributed by atoms with Crippen molar-refractivity contribution in [3.63, 3.8) is 0 Å². The van der Waals surface area contributed by atoms with Crippen molar-refractivity contribution in [2.75, 3.05) is 0 Å². The number of aromatic nitrogens is 1. The fourth-order valence-electron chi connectivity index (χ4n) is 0.948. The summed E-state index contributed by atoms with van der Waals surface area (Å²) in [5, 5.41) is 8.88. The molecule has 0 saturated heterocycles. The number of benzene rings is 1. The van der Waals surface area contributed by atoms with Gasteiger partial charge in [-0.25, -0.2) is 9.37 Å². The van der Waals surface area contributed by atoms with Gasteiger partial charge in [0.1, 0.15) is 11.9 Å². The fraction of sp³-hybridized carbons (Fsp3) is 0. The van der Waals surface area contributed by atoms with Crippen molar-refractivity contribution in [1.82, 2.24) is 4.98 Å². The highest BCUT2D eigenvalue weighted by Crippen LogP contribution is 2.21. The van der Waals surface area contributed by atoms with Crippen LogP contribution in [0.25, 0.3) is 10.2 Å². The molecule has 1 heterocycles. The van der Waals surface area contributed by atoms with E-state index in [-0.39, 0.29) is 5.82 Å². The van der Waals surface area contributed by atoms with Crippen molar-refractivity contribution in [3.05, 3.63) is 29.0 Å². The molecule has 12 heavy (non-hydrogen) atoms. The molecule has 0 N–H and O–H groups in total. The summed E-state index contributed by atoms with van der Waals surface area (Å²) in [6.07, 6.45) is 0. The molecule has 1 aromatic heterocycles. The van der Waals surface area contributed by atoms with Gasteiger partial charge in [-0.1, -0.05) is 0 Å². The van der Waals surface area contributed by atoms with Crippen LogP contribution in [0.5, 0.6) is 0 Å². The number of rotatable bonds is 0. The van der Waals surface area contributed by atoms with Crippen LogP contribution < -0.4 is 0 Å². The molecule has 0 fully saturated rings. The van der Waals surface area contributed by atoms with Crippen LogP contribution in [0.2, 0.25) is 0 Å². The molecular weight excluding hydrogens is 175 g/mol. The molecular formula is C8H3FN2S. The zero-order chi connectivity index (χ0) is 8.55. The maximum atomic E-state index is 12.6. The standard InChI is InChI=1S/C8H3FN2S/c9-5-1-2-7-6(3-5)11-8(4-10)12-7/h1-3H. The molecule has 4 heteroatoms. The maximum absolute atomic E-state index is 12.6. The minimum Gasteiger partial charge on any atom is -0.226 e. The molecule has 0 bridgehead atoms. The lowest BCUT2D eigenvalue weighted by molar-refractivity contribution is 0.629. The Morgan fingerprint density at radius 3 is 3.08 bits per heavy atom. The summed E-state index contributed by atoms with van der Waals surface area (Å²) >= 11 is 1.27. The molecule has 58 valence electrons. The van der Waals surface area contributed by atoms with Gasteiger partial charge in [0, 0.05) is 6.07 Å². The van der Waals surface area contributed by atoms with Crippen molar-refractivity contribution in [3.8, 4) is 6.07 Å². The van der Waals surface area contributed by atoms with Gasteiger partial charge in [-0.2, -0.15) is 5.26 Å². The smallest absolute Gasteiger partial charge is 0.195 e. The van der Waals surface area contributed by atoms with Crippen LogP contribution in [0.1, 0.15) is 5.01 Å². The summed E-state index contributed by atoms with van der Waals surface area (Å²) in [6, 6.07) is 6.24. The molecule has 0 aliphatic carbocycles. The van der Waals surface area contributed by atoms with Crippen molar-refractivity contribution in [1.29, 1.82) is 5.26 Å². The first kappa shape index (κ1) is 7.19. The highest BCUT2D eigenvalue weighted by Gasteiger charge is 2.02. The Hall–Kier alpha value is -1.47. The lowest BCUT2D eigenvalue weighted by Gasteiger charge is -1.85. The molecule has 0 spiro atoms. The summed E-state index contributed by atoms with van der Waals surface area (Å²) in [4.78, 5) is 3.91.